The maximum Gasteiger partial charge on any atom is 0.314 e. The van der Waals surface area contributed by atoms with E-state index in [0.29, 0.717) is 11.3 Å². The standard InChI is InChI=1S/C40H29FN2O4/c41-29-22-19-26(20-23-29)36(44)35-34(38(45)47-37(27-12-3-1-4-13-27)28-14-5-2-6-15-28)40(30-16-8-9-17-31(30)42-39(40)46)33-24-21-25-11-7-10-18-32(25)43(33)35/h1-24,33-35,37H,(H,42,46)/t33-,34-,35+,40-/m1/s1. The molecule has 3 aliphatic heterocycles. The lowest BCUT2D eigenvalue weighted by molar-refractivity contribution is -0.156. The summed E-state index contributed by atoms with van der Waals surface area (Å²) in [6.07, 6.45) is 3.05. The fourth-order valence-electron chi connectivity index (χ4n) is 7.64. The van der Waals surface area contributed by atoms with Crippen LogP contribution in [0.25, 0.3) is 6.08 Å². The summed E-state index contributed by atoms with van der Waals surface area (Å²) in [7, 11) is 0. The first kappa shape index (κ1) is 28.6. The van der Waals surface area contributed by atoms with E-state index in [2.05, 4.69) is 5.32 Å². The maximum atomic E-state index is 15.1. The molecule has 1 fully saturated rings. The van der Waals surface area contributed by atoms with Gasteiger partial charge in [0.05, 0.1) is 6.04 Å². The van der Waals surface area contributed by atoms with Gasteiger partial charge in [-0.15, -0.1) is 0 Å². The van der Waals surface area contributed by atoms with Crippen molar-refractivity contribution in [3.8, 4) is 0 Å². The molecule has 8 rings (SSSR count). The summed E-state index contributed by atoms with van der Waals surface area (Å²) in [6, 6.07) is 37.2. The van der Waals surface area contributed by atoms with Crippen LogP contribution in [-0.2, 0) is 19.7 Å². The molecule has 0 radical (unpaired) electrons. The molecule has 3 heterocycles. The van der Waals surface area contributed by atoms with Gasteiger partial charge in [0, 0.05) is 16.9 Å². The number of halogens is 1. The fraction of sp³-hybridized carbons (Fsp3) is 0.125. The van der Waals surface area contributed by atoms with E-state index in [1.807, 2.05) is 120 Å². The summed E-state index contributed by atoms with van der Waals surface area (Å²) in [6.45, 7) is 0. The van der Waals surface area contributed by atoms with Gasteiger partial charge in [0.15, 0.2) is 11.9 Å². The normalized spacial score (nSPS) is 22.0. The highest BCUT2D eigenvalue weighted by molar-refractivity contribution is 6.15. The number of nitrogens with zero attached hydrogens (tertiary/aromatic N) is 1. The molecule has 1 N–H and O–H groups in total. The van der Waals surface area contributed by atoms with Crippen molar-refractivity contribution in [2.24, 2.45) is 5.92 Å². The number of hydrogen-bond acceptors (Lipinski definition) is 5. The first-order chi connectivity index (χ1) is 23.0. The Morgan fingerprint density at radius 2 is 1.38 bits per heavy atom. The van der Waals surface area contributed by atoms with Gasteiger partial charge in [-0.05, 0) is 58.7 Å². The molecule has 4 atom stereocenters. The number of esters is 1. The second-order valence-electron chi connectivity index (χ2n) is 12.1. The molecule has 6 nitrogen and oxygen atoms in total. The van der Waals surface area contributed by atoms with E-state index in [-0.39, 0.29) is 11.5 Å². The second kappa shape index (κ2) is 11.2. The van der Waals surface area contributed by atoms with Crippen LogP contribution >= 0.6 is 0 Å². The Bertz CT molecular complexity index is 2010. The summed E-state index contributed by atoms with van der Waals surface area (Å²) < 4.78 is 20.6. The number of carbonyl (C=O) groups excluding carboxylic acids is 3. The largest absolute Gasteiger partial charge is 0.452 e. The van der Waals surface area contributed by atoms with Crippen LogP contribution in [0.15, 0.2) is 140 Å². The van der Waals surface area contributed by atoms with Crippen LogP contribution in [0.1, 0.15) is 38.7 Å². The van der Waals surface area contributed by atoms with Crippen molar-refractivity contribution in [1.82, 2.24) is 0 Å². The second-order valence-corrected chi connectivity index (χ2v) is 12.1. The average molecular weight is 621 g/mol. The molecule has 47 heavy (non-hydrogen) atoms. The van der Waals surface area contributed by atoms with Gasteiger partial charge in [0.2, 0.25) is 5.91 Å². The lowest BCUT2D eigenvalue weighted by Crippen LogP contribution is -2.51. The molecule has 0 aromatic heterocycles. The van der Waals surface area contributed by atoms with Crippen LogP contribution in [0.3, 0.4) is 0 Å². The Hall–Kier alpha value is -5.82. The minimum atomic E-state index is -1.52. The van der Waals surface area contributed by atoms with E-state index >= 15 is 4.79 Å². The van der Waals surface area contributed by atoms with Crippen LogP contribution in [0.4, 0.5) is 15.8 Å². The predicted molar refractivity (Wildman–Crippen MR) is 177 cm³/mol. The Kier molecular flexibility index (Phi) is 6.83. The molecule has 0 unspecified atom stereocenters. The molecule has 230 valence electrons. The van der Waals surface area contributed by atoms with Gasteiger partial charge < -0.3 is 15.0 Å². The number of fused-ring (bicyclic) bond motifs is 6. The lowest BCUT2D eigenvalue weighted by Gasteiger charge is -2.37. The van der Waals surface area contributed by atoms with Crippen molar-refractivity contribution in [2.75, 3.05) is 10.2 Å². The van der Waals surface area contributed by atoms with Gasteiger partial charge >= 0.3 is 5.97 Å². The Morgan fingerprint density at radius 1 is 0.766 bits per heavy atom. The average Bonchev–Trinajstić information content (AvgIpc) is 3.60. The third-order valence-corrected chi connectivity index (χ3v) is 9.63. The molecule has 1 spiro atoms. The van der Waals surface area contributed by atoms with E-state index in [1.54, 1.807) is 6.07 Å². The molecule has 3 aliphatic rings. The number of nitrogens with one attached hydrogen (secondary N) is 1. The topological polar surface area (TPSA) is 75.7 Å². The van der Waals surface area contributed by atoms with Gasteiger partial charge in [-0.3, -0.25) is 14.4 Å². The number of ether oxygens (including phenoxy) is 1. The van der Waals surface area contributed by atoms with Crippen LogP contribution < -0.4 is 10.2 Å². The summed E-state index contributed by atoms with van der Waals surface area (Å²) >= 11 is 0. The first-order valence-electron chi connectivity index (χ1n) is 15.5. The molecule has 0 bridgehead atoms. The third kappa shape index (κ3) is 4.41. The monoisotopic (exact) mass is 620 g/mol. The van der Waals surface area contributed by atoms with Crippen molar-refractivity contribution in [2.45, 2.75) is 23.6 Å². The van der Waals surface area contributed by atoms with Crippen LogP contribution in [0, 0.1) is 11.7 Å². The van der Waals surface area contributed by atoms with Crippen LogP contribution in [0.2, 0.25) is 0 Å². The fourth-order valence-corrected chi connectivity index (χ4v) is 7.64. The van der Waals surface area contributed by atoms with Gasteiger partial charge in [-0.1, -0.05) is 109 Å². The number of ketones is 1. The number of hydrogen-bond donors (Lipinski definition) is 1. The van der Waals surface area contributed by atoms with E-state index in [0.717, 1.165) is 22.4 Å². The van der Waals surface area contributed by atoms with Gasteiger partial charge in [-0.2, -0.15) is 0 Å². The summed E-state index contributed by atoms with van der Waals surface area (Å²) in [5, 5.41) is 3.03. The molecular formula is C40H29FN2O4. The number of anilines is 2. The van der Waals surface area contributed by atoms with Crippen molar-refractivity contribution >= 4 is 35.1 Å². The van der Waals surface area contributed by atoms with Crippen molar-refractivity contribution in [3.63, 3.8) is 0 Å². The molecular weight excluding hydrogens is 591 g/mol. The summed E-state index contributed by atoms with van der Waals surface area (Å²) in [5.74, 6) is -3.24. The van der Waals surface area contributed by atoms with Crippen LogP contribution in [0.5, 0.6) is 0 Å². The molecule has 7 heteroatoms. The zero-order valence-electron chi connectivity index (χ0n) is 25.1. The van der Waals surface area contributed by atoms with Gasteiger partial charge in [0.25, 0.3) is 0 Å². The van der Waals surface area contributed by atoms with E-state index in [4.69, 9.17) is 4.74 Å². The Labute approximate surface area is 271 Å². The molecule has 1 saturated heterocycles. The predicted octanol–water partition coefficient (Wildman–Crippen LogP) is 7.13. The van der Waals surface area contributed by atoms with Gasteiger partial charge in [0.1, 0.15) is 23.2 Å². The zero-order chi connectivity index (χ0) is 32.1. The minimum Gasteiger partial charge on any atom is -0.452 e. The quantitative estimate of drug-likeness (QED) is 0.162. The highest BCUT2D eigenvalue weighted by atomic mass is 19.1. The first-order valence-corrected chi connectivity index (χ1v) is 15.5. The smallest absolute Gasteiger partial charge is 0.314 e. The molecule has 5 aromatic rings. The molecule has 0 aliphatic carbocycles. The molecule has 1 amide bonds. The molecule has 0 saturated carbocycles. The molecule has 5 aromatic carbocycles. The Balaban J connectivity index is 1.36. The summed E-state index contributed by atoms with van der Waals surface area (Å²) in [5.41, 5.74) is 2.98. The number of rotatable bonds is 6. The Morgan fingerprint density at radius 3 is 2.09 bits per heavy atom. The zero-order valence-corrected chi connectivity index (χ0v) is 25.1. The number of carbonyl (C=O) groups is 3. The number of benzene rings is 5. The van der Waals surface area contributed by atoms with Crippen molar-refractivity contribution < 1.29 is 23.5 Å². The number of para-hydroxylation sites is 2. The van der Waals surface area contributed by atoms with Crippen molar-refractivity contribution in [1.29, 1.82) is 0 Å². The lowest BCUT2D eigenvalue weighted by atomic mass is 9.66. The number of amides is 1. The minimum absolute atomic E-state index is 0.228. The van der Waals surface area contributed by atoms with E-state index in [1.165, 1.54) is 24.3 Å². The van der Waals surface area contributed by atoms with Crippen molar-refractivity contribution in [3.05, 3.63) is 173 Å². The summed E-state index contributed by atoms with van der Waals surface area (Å²) in [4.78, 5) is 46.4. The van der Waals surface area contributed by atoms with E-state index in [9.17, 15) is 14.0 Å². The third-order valence-electron chi connectivity index (χ3n) is 9.63. The van der Waals surface area contributed by atoms with E-state index < -0.39 is 47.1 Å². The highest BCUT2D eigenvalue weighted by Gasteiger charge is 2.71. The SMILES string of the molecule is O=C(c1ccc(F)cc1)[C@@H]1[C@H](C(=O)OC(c2ccccc2)c2ccccc2)[C@]2(C(=O)Nc3ccccc32)[C@H]2C=Cc3ccccc3N12. The number of Topliss-reactive ketones (excluding diaryl/α,β-unsaturated/α-hetero) is 1. The van der Waals surface area contributed by atoms with Crippen LogP contribution in [-0.4, -0.2) is 29.7 Å². The van der Waals surface area contributed by atoms with Gasteiger partial charge in [-0.25, -0.2) is 4.39 Å². The highest BCUT2D eigenvalue weighted by Crippen LogP contribution is 2.58. The maximum absolute atomic E-state index is 15.1.